The van der Waals surface area contributed by atoms with Gasteiger partial charge in [-0.2, -0.15) is 10.2 Å². The number of likely N-dealkylation sites (tertiary alicyclic amines) is 1. The molecule has 1 fully saturated rings. The molecule has 2 aromatic carbocycles. The summed E-state index contributed by atoms with van der Waals surface area (Å²) >= 11 is 0. The van der Waals surface area contributed by atoms with Gasteiger partial charge in [0.1, 0.15) is 12.4 Å². The third-order valence-electron chi connectivity index (χ3n) is 8.07. The van der Waals surface area contributed by atoms with Gasteiger partial charge < -0.3 is 19.9 Å². The Hall–Kier alpha value is -4.67. The van der Waals surface area contributed by atoms with Crippen LogP contribution in [0.5, 0.6) is 0 Å². The minimum absolute atomic E-state index is 0.00585. The van der Waals surface area contributed by atoms with Gasteiger partial charge in [-0.3, -0.25) is 14.2 Å². The summed E-state index contributed by atoms with van der Waals surface area (Å²) in [5, 5.41) is 12.3. The van der Waals surface area contributed by atoms with E-state index in [1.807, 2.05) is 54.3 Å². The zero-order valence-electron chi connectivity index (χ0n) is 23.8. The molecule has 2 amide bonds. The summed E-state index contributed by atoms with van der Waals surface area (Å²) in [4.78, 5) is 28.4. The zero-order chi connectivity index (χ0) is 29.2. The lowest BCUT2D eigenvalue weighted by Gasteiger charge is -2.33. The molecule has 10 nitrogen and oxygen atoms in total. The van der Waals surface area contributed by atoms with Crippen LogP contribution in [0.2, 0.25) is 0 Å². The number of hydrogen-bond donors (Lipinski definition) is 1. The minimum Gasteiger partial charge on any atom is -0.445 e. The van der Waals surface area contributed by atoms with Crippen molar-refractivity contribution in [3.63, 3.8) is 0 Å². The van der Waals surface area contributed by atoms with Crippen LogP contribution in [0.25, 0.3) is 11.1 Å². The quantitative estimate of drug-likeness (QED) is 0.348. The van der Waals surface area contributed by atoms with Crippen LogP contribution in [-0.2, 0) is 36.2 Å². The van der Waals surface area contributed by atoms with Crippen molar-refractivity contribution in [3.8, 4) is 11.1 Å². The van der Waals surface area contributed by atoms with Crippen molar-refractivity contribution in [2.45, 2.75) is 45.4 Å². The van der Waals surface area contributed by atoms with Crippen LogP contribution >= 0.6 is 0 Å². The van der Waals surface area contributed by atoms with Crippen LogP contribution in [-0.4, -0.2) is 61.0 Å². The van der Waals surface area contributed by atoms with Gasteiger partial charge in [0.05, 0.1) is 24.5 Å². The first kappa shape index (κ1) is 27.5. The molecule has 42 heavy (non-hydrogen) atoms. The average molecular weight is 572 g/mol. The Kier molecular flexibility index (Phi) is 7.64. The molecule has 2 aromatic heterocycles. The molecular weight excluding hydrogens is 537 g/mol. The number of amides is 2. The smallest absolute Gasteiger partial charge is 0.410 e. The van der Waals surface area contributed by atoms with Crippen molar-refractivity contribution in [2.75, 3.05) is 25.0 Å². The van der Waals surface area contributed by atoms with Crippen molar-refractivity contribution in [2.24, 2.45) is 7.05 Å². The van der Waals surface area contributed by atoms with E-state index in [-0.39, 0.29) is 24.6 Å². The summed E-state index contributed by atoms with van der Waals surface area (Å²) < 4.78 is 24.5. The highest BCUT2D eigenvalue weighted by Gasteiger charge is 2.32. The van der Waals surface area contributed by atoms with Gasteiger partial charge in [0.15, 0.2) is 5.82 Å². The van der Waals surface area contributed by atoms with Crippen LogP contribution < -0.4 is 5.32 Å². The molecule has 218 valence electrons. The molecule has 1 saturated heterocycles. The summed E-state index contributed by atoms with van der Waals surface area (Å²) in [6, 6.07) is 14.7. The van der Waals surface area contributed by atoms with Gasteiger partial charge in [0.2, 0.25) is 5.91 Å². The monoisotopic (exact) mass is 571 g/mol. The number of nitrogens with one attached hydrogen (secondary N) is 1. The summed E-state index contributed by atoms with van der Waals surface area (Å²) in [6.45, 7) is 3.93. The lowest BCUT2D eigenvalue weighted by Crippen LogP contribution is -2.40. The molecule has 2 aliphatic rings. The number of hydrogen-bond acceptors (Lipinski definition) is 6. The summed E-state index contributed by atoms with van der Waals surface area (Å²) in [5.41, 5.74) is 4.77. The Morgan fingerprint density at radius 1 is 1.05 bits per heavy atom. The van der Waals surface area contributed by atoms with E-state index in [2.05, 4.69) is 10.4 Å². The average Bonchev–Trinajstić information content (AvgIpc) is 3.60. The van der Waals surface area contributed by atoms with Gasteiger partial charge in [-0.25, -0.2) is 9.18 Å². The molecule has 0 spiro atoms. The van der Waals surface area contributed by atoms with E-state index in [9.17, 15) is 9.59 Å². The number of halogens is 1. The summed E-state index contributed by atoms with van der Waals surface area (Å²) in [7, 11) is 1.82. The van der Waals surface area contributed by atoms with E-state index in [4.69, 9.17) is 9.84 Å². The first-order chi connectivity index (χ1) is 20.4. The number of aromatic nitrogens is 4. The molecule has 0 unspecified atom stereocenters. The SMILES string of the molecule is CC(=O)N1CCc2c(c(Nc3ccc(-c4cnn(C)c4)cc3F)nn2C2CCN(C(=O)OCc3ccccc3)CC2)C1. The fourth-order valence-electron chi connectivity index (χ4n) is 5.71. The molecule has 0 bridgehead atoms. The highest BCUT2D eigenvalue weighted by molar-refractivity contribution is 5.74. The van der Waals surface area contributed by atoms with Crippen molar-refractivity contribution >= 4 is 23.5 Å². The number of rotatable bonds is 6. The van der Waals surface area contributed by atoms with Crippen LogP contribution in [0.15, 0.2) is 60.9 Å². The van der Waals surface area contributed by atoms with Gasteiger partial charge in [-0.15, -0.1) is 0 Å². The molecule has 4 heterocycles. The fraction of sp³-hybridized carbons (Fsp3) is 0.355. The third kappa shape index (κ3) is 5.72. The molecule has 6 rings (SSSR count). The molecule has 4 aromatic rings. The first-order valence-electron chi connectivity index (χ1n) is 14.2. The highest BCUT2D eigenvalue weighted by Crippen LogP contribution is 2.35. The van der Waals surface area contributed by atoms with Crippen molar-refractivity contribution in [3.05, 3.63) is 83.6 Å². The second-order valence-electron chi connectivity index (χ2n) is 10.9. The standard InChI is InChI=1S/C31H34FN7O3/c1-21(40)38-15-12-29-26(19-38)30(34-28-9-8-23(16-27(28)32)24-17-33-36(2)18-24)35-39(29)25-10-13-37(14-11-25)31(41)42-20-22-6-4-3-5-7-22/h3-9,16-18,25H,10-15,19-20H2,1-2H3,(H,34,35). The number of nitrogens with zero attached hydrogens (tertiary/aromatic N) is 6. The number of benzene rings is 2. The maximum atomic E-state index is 15.3. The molecule has 0 saturated carbocycles. The van der Waals surface area contributed by atoms with E-state index >= 15 is 4.39 Å². The summed E-state index contributed by atoms with van der Waals surface area (Å²) in [6.07, 6.45) is 5.32. The van der Waals surface area contributed by atoms with Crippen molar-refractivity contribution in [1.82, 2.24) is 29.4 Å². The third-order valence-corrected chi connectivity index (χ3v) is 8.07. The van der Waals surface area contributed by atoms with Crippen LogP contribution in [0, 0.1) is 5.82 Å². The Balaban J connectivity index is 1.18. The number of carbonyl (C=O) groups excluding carboxylic acids is 2. The Bertz CT molecular complexity index is 1590. The van der Waals surface area contributed by atoms with Gasteiger partial charge in [-0.1, -0.05) is 36.4 Å². The van der Waals surface area contributed by atoms with Crippen LogP contribution in [0.1, 0.15) is 42.6 Å². The Labute approximate surface area is 243 Å². The normalized spacial score (nSPS) is 15.4. The number of carbonyl (C=O) groups is 2. The Morgan fingerprint density at radius 3 is 2.52 bits per heavy atom. The predicted molar refractivity (Wildman–Crippen MR) is 155 cm³/mol. The molecular formula is C31H34FN7O3. The van der Waals surface area contributed by atoms with Gasteiger partial charge in [0, 0.05) is 63.0 Å². The second kappa shape index (κ2) is 11.7. The van der Waals surface area contributed by atoms with Gasteiger partial charge in [-0.05, 0) is 36.1 Å². The largest absolute Gasteiger partial charge is 0.445 e. The van der Waals surface area contributed by atoms with E-state index in [0.29, 0.717) is 44.1 Å². The van der Waals surface area contributed by atoms with Crippen molar-refractivity contribution < 1.29 is 18.7 Å². The predicted octanol–water partition coefficient (Wildman–Crippen LogP) is 5.04. The highest BCUT2D eigenvalue weighted by atomic mass is 19.1. The van der Waals surface area contributed by atoms with Crippen molar-refractivity contribution in [1.29, 1.82) is 0 Å². The Morgan fingerprint density at radius 2 is 1.83 bits per heavy atom. The number of aryl methyl sites for hydroxylation is 1. The first-order valence-corrected chi connectivity index (χ1v) is 14.2. The lowest BCUT2D eigenvalue weighted by molar-refractivity contribution is -0.129. The molecule has 11 heteroatoms. The molecule has 2 aliphatic heterocycles. The number of ether oxygens (including phenoxy) is 1. The van der Waals surface area contributed by atoms with E-state index < -0.39 is 5.82 Å². The zero-order valence-corrected chi connectivity index (χ0v) is 23.8. The van der Waals surface area contributed by atoms with Crippen LogP contribution in [0.4, 0.5) is 20.7 Å². The van der Waals surface area contributed by atoms with E-state index in [0.717, 1.165) is 40.8 Å². The van der Waals surface area contributed by atoms with E-state index in [1.54, 1.807) is 33.7 Å². The topological polar surface area (TPSA) is 97.5 Å². The fourth-order valence-corrected chi connectivity index (χ4v) is 5.71. The molecule has 1 N–H and O–H groups in total. The molecule has 0 radical (unpaired) electrons. The lowest BCUT2D eigenvalue weighted by atomic mass is 10.0. The van der Waals surface area contributed by atoms with Gasteiger partial charge in [0.25, 0.3) is 0 Å². The second-order valence-corrected chi connectivity index (χ2v) is 10.9. The molecule has 0 atom stereocenters. The van der Waals surface area contributed by atoms with Crippen LogP contribution in [0.3, 0.4) is 0 Å². The maximum absolute atomic E-state index is 15.3. The number of fused-ring (bicyclic) bond motifs is 1. The van der Waals surface area contributed by atoms with E-state index in [1.165, 1.54) is 6.07 Å². The number of anilines is 2. The molecule has 0 aliphatic carbocycles. The maximum Gasteiger partial charge on any atom is 0.410 e. The minimum atomic E-state index is -0.402. The number of piperidine rings is 1. The summed E-state index contributed by atoms with van der Waals surface area (Å²) in [5.74, 6) is 0.142. The van der Waals surface area contributed by atoms with Gasteiger partial charge >= 0.3 is 6.09 Å².